The Morgan fingerprint density at radius 1 is 1.40 bits per heavy atom. The second kappa shape index (κ2) is 7.41. The van der Waals surface area contributed by atoms with Crippen molar-refractivity contribution in [3.8, 4) is 0 Å². The molecule has 6 heteroatoms. The van der Waals surface area contributed by atoms with Crippen LogP contribution in [0, 0.1) is 0 Å². The summed E-state index contributed by atoms with van der Waals surface area (Å²) in [4.78, 5) is 0. The summed E-state index contributed by atoms with van der Waals surface area (Å²) in [5.41, 5.74) is 0.0928. The van der Waals surface area contributed by atoms with Gasteiger partial charge in [0.1, 0.15) is 5.60 Å². The minimum absolute atomic E-state index is 0.138. The molecule has 1 atom stereocenters. The molecule has 20 heavy (non-hydrogen) atoms. The lowest BCUT2D eigenvalue weighted by molar-refractivity contribution is 0.00699. The van der Waals surface area contributed by atoms with E-state index in [0.717, 1.165) is 12.0 Å². The maximum Gasteiger partial charge on any atom is 0.211 e. The van der Waals surface area contributed by atoms with E-state index in [2.05, 4.69) is 4.72 Å². The molecule has 0 saturated carbocycles. The van der Waals surface area contributed by atoms with E-state index >= 15 is 0 Å². The van der Waals surface area contributed by atoms with Crippen molar-refractivity contribution in [1.82, 2.24) is 4.72 Å². The van der Waals surface area contributed by atoms with E-state index in [1.165, 1.54) is 0 Å². The molecule has 0 saturated heterocycles. The van der Waals surface area contributed by atoms with Crippen LogP contribution in [0.15, 0.2) is 24.3 Å². The van der Waals surface area contributed by atoms with Crippen LogP contribution in [0.5, 0.6) is 0 Å². The molecule has 0 spiro atoms. The molecule has 114 valence electrons. The monoisotopic (exact) mass is 319 g/mol. The Labute approximate surface area is 126 Å². The van der Waals surface area contributed by atoms with Gasteiger partial charge in [-0.25, -0.2) is 13.1 Å². The highest BCUT2D eigenvalue weighted by molar-refractivity contribution is 7.89. The van der Waals surface area contributed by atoms with Crippen molar-refractivity contribution in [2.75, 3.05) is 19.4 Å². The Bertz CT molecular complexity index is 533. The third-order valence-electron chi connectivity index (χ3n) is 3.28. The number of nitrogens with one attached hydrogen (secondary N) is 1. The van der Waals surface area contributed by atoms with Crippen LogP contribution < -0.4 is 4.72 Å². The number of methoxy groups -OCH3 is 1. The summed E-state index contributed by atoms with van der Waals surface area (Å²) in [6, 6.07) is 7.24. The molecule has 0 radical (unpaired) electrons. The molecule has 0 aliphatic rings. The molecular formula is C14H22ClNO3S. The number of ether oxygens (including phenoxy) is 1. The van der Waals surface area contributed by atoms with Crippen LogP contribution in [0.4, 0.5) is 0 Å². The Morgan fingerprint density at radius 2 is 2.10 bits per heavy atom. The summed E-state index contributed by atoms with van der Waals surface area (Å²) in [6.45, 7) is 3.97. The van der Waals surface area contributed by atoms with Gasteiger partial charge >= 0.3 is 0 Å². The van der Waals surface area contributed by atoms with Gasteiger partial charge in [-0.05, 0) is 31.0 Å². The Hall–Kier alpha value is -0.620. The van der Waals surface area contributed by atoms with Crippen molar-refractivity contribution >= 4 is 21.6 Å². The van der Waals surface area contributed by atoms with Crippen LogP contribution in [0.1, 0.15) is 32.3 Å². The van der Waals surface area contributed by atoms with Crippen molar-refractivity contribution in [3.05, 3.63) is 34.9 Å². The van der Waals surface area contributed by atoms with E-state index < -0.39 is 15.6 Å². The predicted molar refractivity (Wildman–Crippen MR) is 82.5 cm³/mol. The summed E-state index contributed by atoms with van der Waals surface area (Å²) < 4.78 is 31.8. The van der Waals surface area contributed by atoms with E-state index in [1.807, 2.05) is 26.0 Å². The molecule has 0 bridgehead atoms. The van der Waals surface area contributed by atoms with Crippen LogP contribution in [-0.4, -0.2) is 27.8 Å². The quantitative estimate of drug-likeness (QED) is 0.801. The summed E-state index contributed by atoms with van der Waals surface area (Å²) in [5, 5.41) is 0.597. The van der Waals surface area contributed by atoms with Gasteiger partial charge in [-0.1, -0.05) is 37.1 Å². The molecule has 0 aromatic heterocycles. The maximum absolute atomic E-state index is 11.9. The van der Waals surface area contributed by atoms with Crippen LogP contribution in [-0.2, 0) is 20.4 Å². The zero-order valence-electron chi connectivity index (χ0n) is 12.1. The number of benzene rings is 1. The average Bonchev–Trinajstić information content (AvgIpc) is 2.43. The Balaban J connectivity index is 2.81. The lowest BCUT2D eigenvalue weighted by Crippen LogP contribution is -2.40. The topological polar surface area (TPSA) is 55.4 Å². The lowest BCUT2D eigenvalue weighted by atomic mass is 9.96. The summed E-state index contributed by atoms with van der Waals surface area (Å²) in [6.07, 6.45) is 1.49. The van der Waals surface area contributed by atoms with Crippen molar-refractivity contribution in [1.29, 1.82) is 0 Å². The first-order valence-electron chi connectivity index (χ1n) is 6.61. The minimum atomic E-state index is -3.27. The Kier molecular flexibility index (Phi) is 6.45. The van der Waals surface area contributed by atoms with Crippen LogP contribution in [0.25, 0.3) is 0 Å². The molecule has 0 amide bonds. The molecule has 0 fully saturated rings. The summed E-state index contributed by atoms with van der Waals surface area (Å²) >= 11 is 5.97. The standard InChI is InChI=1S/C14H22ClNO3S/c1-4-5-9-20(17,18)16-11-14(2,19-3)12-7-6-8-13(15)10-12/h6-8,10,16H,4-5,9,11H2,1-3H3. The van der Waals surface area contributed by atoms with Crippen molar-refractivity contribution < 1.29 is 13.2 Å². The van der Waals surface area contributed by atoms with Gasteiger partial charge in [0, 0.05) is 18.7 Å². The third-order valence-corrected chi connectivity index (χ3v) is 4.93. The van der Waals surface area contributed by atoms with E-state index in [4.69, 9.17) is 16.3 Å². The first kappa shape index (κ1) is 17.4. The van der Waals surface area contributed by atoms with Crippen LogP contribution >= 0.6 is 11.6 Å². The first-order chi connectivity index (χ1) is 9.33. The molecule has 1 aromatic rings. The molecule has 4 nitrogen and oxygen atoms in total. The van der Waals surface area contributed by atoms with Gasteiger partial charge in [0.15, 0.2) is 0 Å². The number of rotatable bonds is 8. The average molecular weight is 320 g/mol. The van der Waals surface area contributed by atoms with Crippen LogP contribution in [0.2, 0.25) is 5.02 Å². The first-order valence-corrected chi connectivity index (χ1v) is 8.64. The van der Waals surface area contributed by atoms with E-state index in [1.54, 1.807) is 19.2 Å². The molecule has 0 aliphatic heterocycles. The molecule has 0 heterocycles. The maximum atomic E-state index is 11.9. The number of hydrogen-bond acceptors (Lipinski definition) is 3. The largest absolute Gasteiger partial charge is 0.372 e. The smallest absolute Gasteiger partial charge is 0.211 e. The fourth-order valence-corrected chi connectivity index (χ4v) is 3.26. The second-order valence-electron chi connectivity index (χ2n) is 4.94. The normalized spacial score (nSPS) is 15.0. The van der Waals surface area contributed by atoms with Gasteiger partial charge in [-0.15, -0.1) is 0 Å². The number of unbranched alkanes of at least 4 members (excludes halogenated alkanes) is 1. The van der Waals surface area contributed by atoms with Gasteiger partial charge in [0.05, 0.1) is 5.75 Å². The van der Waals surface area contributed by atoms with E-state index in [-0.39, 0.29) is 12.3 Å². The van der Waals surface area contributed by atoms with Gasteiger partial charge < -0.3 is 4.74 Å². The van der Waals surface area contributed by atoms with Crippen molar-refractivity contribution in [3.63, 3.8) is 0 Å². The van der Waals surface area contributed by atoms with E-state index in [9.17, 15) is 8.42 Å². The molecule has 1 unspecified atom stereocenters. The zero-order chi connectivity index (χ0) is 15.2. The number of halogens is 1. The summed E-state index contributed by atoms with van der Waals surface area (Å²) in [5.74, 6) is 0.138. The summed E-state index contributed by atoms with van der Waals surface area (Å²) in [7, 11) is -1.71. The van der Waals surface area contributed by atoms with Crippen LogP contribution in [0.3, 0.4) is 0 Å². The molecule has 1 N–H and O–H groups in total. The second-order valence-corrected chi connectivity index (χ2v) is 7.30. The van der Waals surface area contributed by atoms with Crippen molar-refractivity contribution in [2.45, 2.75) is 32.3 Å². The van der Waals surface area contributed by atoms with Gasteiger partial charge in [0.25, 0.3) is 0 Å². The molecule has 1 rings (SSSR count). The highest BCUT2D eigenvalue weighted by Gasteiger charge is 2.28. The highest BCUT2D eigenvalue weighted by atomic mass is 35.5. The fourth-order valence-electron chi connectivity index (χ4n) is 1.76. The zero-order valence-corrected chi connectivity index (χ0v) is 13.7. The SMILES string of the molecule is CCCCS(=O)(=O)NCC(C)(OC)c1cccc(Cl)c1. The fraction of sp³-hybridized carbons (Fsp3) is 0.571. The minimum Gasteiger partial charge on any atom is -0.372 e. The highest BCUT2D eigenvalue weighted by Crippen LogP contribution is 2.26. The van der Waals surface area contributed by atoms with Crippen molar-refractivity contribution in [2.24, 2.45) is 0 Å². The van der Waals surface area contributed by atoms with Gasteiger partial charge in [0.2, 0.25) is 10.0 Å². The van der Waals surface area contributed by atoms with E-state index in [0.29, 0.717) is 11.4 Å². The number of sulfonamides is 1. The molecular weight excluding hydrogens is 298 g/mol. The Morgan fingerprint density at radius 3 is 2.65 bits per heavy atom. The van der Waals surface area contributed by atoms with Gasteiger partial charge in [-0.3, -0.25) is 0 Å². The third kappa shape index (κ3) is 5.05. The number of hydrogen-bond donors (Lipinski definition) is 1. The lowest BCUT2D eigenvalue weighted by Gasteiger charge is -2.29. The molecule has 1 aromatic carbocycles. The van der Waals surface area contributed by atoms with Gasteiger partial charge in [-0.2, -0.15) is 0 Å². The molecule has 0 aliphatic carbocycles. The predicted octanol–water partition coefficient (Wildman–Crippen LogP) is 2.92.